The van der Waals surface area contributed by atoms with Gasteiger partial charge in [-0.1, -0.05) is 48.9 Å². The lowest BCUT2D eigenvalue weighted by atomic mass is 9.45. The molecular formula is C32H37FN2O11. The molecule has 4 aliphatic carbocycles. The lowest BCUT2D eigenvalue weighted by Gasteiger charge is -2.61. The minimum Gasteiger partial charge on any atom is -0.456 e. The monoisotopic (exact) mass is 644 g/mol. The maximum atomic E-state index is 17.2. The van der Waals surface area contributed by atoms with Crippen molar-refractivity contribution in [1.82, 2.24) is 5.32 Å². The summed E-state index contributed by atoms with van der Waals surface area (Å²) in [6, 6.07) is 6.24. The van der Waals surface area contributed by atoms with Gasteiger partial charge in [0.25, 0.3) is 5.09 Å². The van der Waals surface area contributed by atoms with E-state index >= 15 is 4.39 Å². The van der Waals surface area contributed by atoms with Crippen LogP contribution in [0.15, 0.2) is 48.1 Å². The van der Waals surface area contributed by atoms with Crippen molar-refractivity contribution in [2.24, 2.45) is 22.7 Å². The Morgan fingerprint density at radius 2 is 1.78 bits per heavy atom. The molecule has 0 unspecified atom stereocenters. The molecule has 0 spiro atoms. The fraction of sp³-hybridized carbons (Fsp3) is 0.562. The molecular weight excluding hydrogens is 607 g/mol. The number of ether oxygens (including phenoxy) is 1. The van der Waals surface area contributed by atoms with Gasteiger partial charge < -0.3 is 30.2 Å². The van der Waals surface area contributed by atoms with Crippen molar-refractivity contribution in [2.45, 2.75) is 76.0 Å². The van der Waals surface area contributed by atoms with Gasteiger partial charge in [0.1, 0.15) is 13.2 Å². The van der Waals surface area contributed by atoms with Gasteiger partial charge in [-0.2, -0.15) is 0 Å². The van der Waals surface area contributed by atoms with Crippen molar-refractivity contribution in [3.8, 4) is 0 Å². The average molecular weight is 645 g/mol. The number of hydrogen-bond donors (Lipinski definition) is 4. The molecule has 1 amide bonds. The molecule has 13 nitrogen and oxygen atoms in total. The lowest BCUT2D eigenvalue weighted by molar-refractivity contribution is -0.763. The number of alkyl halides is 1. The standard InChI is InChI=1S/C32H37FN2O11/c1-29-10-9-21(36)12-20(29)7-8-22-23-13-24(37)32(42,30(23,2)14-25(38)31(22,29)33)26(39)17-45-28(41)15-34-27(40)11-18-3-5-19(6-4-18)16-46-35(43)44/h3-7,9-10,22-25,37-38,42H,8,11-17H2,1-2H3,(H,34,40)/t22-,23-,24+,25-,29-,30-,31-,32-/m0/s1. The third-order valence-electron chi connectivity index (χ3n) is 10.8. The van der Waals surface area contributed by atoms with Gasteiger partial charge in [-0.05, 0) is 49.3 Å². The van der Waals surface area contributed by atoms with E-state index in [-0.39, 0.29) is 44.5 Å². The second kappa shape index (κ2) is 12.0. The molecule has 4 aliphatic rings. The highest BCUT2D eigenvalue weighted by molar-refractivity contribution is 5.94. The molecule has 46 heavy (non-hydrogen) atoms. The number of hydrogen-bond acceptors (Lipinski definition) is 11. The van der Waals surface area contributed by atoms with E-state index in [9.17, 15) is 44.6 Å². The van der Waals surface area contributed by atoms with Crippen molar-refractivity contribution in [3.63, 3.8) is 0 Å². The summed E-state index contributed by atoms with van der Waals surface area (Å²) in [4.78, 5) is 64.8. The summed E-state index contributed by atoms with van der Waals surface area (Å²) >= 11 is 0. The number of carbonyl (C=O) groups excluding carboxylic acids is 4. The number of amides is 1. The number of carbonyl (C=O) groups is 4. The first-order valence-corrected chi connectivity index (χ1v) is 15.1. The average Bonchev–Trinajstić information content (AvgIpc) is 3.20. The van der Waals surface area contributed by atoms with Gasteiger partial charge in [-0.15, -0.1) is 10.1 Å². The van der Waals surface area contributed by atoms with Crippen LogP contribution in [0.25, 0.3) is 0 Å². The Kier molecular flexibility index (Phi) is 8.68. The Morgan fingerprint density at radius 3 is 2.46 bits per heavy atom. The van der Waals surface area contributed by atoms with Crippen LogP contribution in [-0.2, 0) is 41.8 Å². The quantitative estimate of drug-likeness (QED) is 0.124. The molecule has 0 aromatic heterocycles. The van der Waals surface area contributed by atoms with Crippen molar-refractivity contribution in [3.05, 3.63) is 69.3 Å². The summed E-state index contributed by atoms with van der Waals surface area (Å²) in [6.45, 7) is 1.41. The maximum Gasteiger partial charge on any atom is 0.325 e. The van der Waals surface area contributed by atoms with E-state index in [0.29, 0.717) is 16.7 Å². The number of rotatable bonds is 10. The maximum absolute atomic E-state index is 17.2. The largest absolute Gasteiger partial charge is 0.456 e. The van der Waals surface area contributed by atoms with Crippen molar-refractivity contribution in [1.29, 1.82) is 0 Å². The second-order valence-corrected chi connectivity index (χ2v) is 13.1. The van der Waals surface area contributed by atoms with Crippen LogP contribution in [-0.4, -0.2) is 80.5 Å². The number of nitrogens with one attached hydrogen (secondary N) is 1. The molecule has 0 heterocycles. The highest BCUT2D eigenvalue weighted by Gasteiger charge is 2.76. The van der Waals surface area contributed by atoms with Gasteiger partial charge in [-0.3, -0.25) is 19.2 Å². The Morgan fingerprint density at radius 1 is 1.11 bits per heavy atom. The summed E-state index contributed by atoms with van der Waals surface area (Å²) < 4.78 is 22.3. The molecule has 4 N–H and O–H groups in total. The zero-order valence-corrected chi connectivity index (χ0v) is 25.4. The van der Waals surface area contributed by atoms with E-state index in [4.69, 9.17) is 4.74 Å². The first kappa shape index (κ1) is 33.4. The van der Waals surface area contributed by atoms with Crippen LogP contribution < -0.4 is 5.32 Å². The normalized spacial score (nSPS) is 36.0. The summed E-state index contributed by atoms with van der Waals surface area (Å²) in [7, 11) is 0. The van der Waals surface area contributed by atoms with Crippen molar-refractivity contribution in [2.75, 3.05) is 13.2 Å². The van der Waals surface area contributed by atoms with E-state index in [1.165, 1.54) is 19.1 Å². The second-order valence-electron chi connectivity index (χ2n) is 13.1. The van der Waals surface area contributed by atoms with E-state index in [2.05, 4.69) is 10.2 Å². The number of nitrogens with zero attached hydrogens (tertiary/aromatic N) is 1. The number of fused-ring (bicyclic) bond motifs is 5. The molecule has 0 saturated heterocycles. The predicted octanol–water partition coefficient (Wildman–Crippen LogP) is 1.24. The molecule has 248 valence electrons. The van der Waals surface area contributed by atoms with Crippen LogP contribution in [0, 0.1) is 32.8 Å². The van der Waals surface area contributed by atoms with Gasteiger partial charge in [0, 0.05) is 23.2 Å². The Labute approximate surface area is 263 Å². The topological polar surface area (TPSA) is 203 Å². The Bertz CT molecular complexity index is 1510. The molecule has 14 heteroatoms. The molecule has 0 bridgehead atoms. The van der Waals surface area contributed by atoms with Crippen LogP contribution >= 0.6 is 0 Å². The Hall–Kier alpha value is -4.01. The van der Waals surface area contributed by atoms with Crippen LogP contribution in [0.5, 0.6) is 0 Å². The van der Waals surface area contributed by atoms with Crippen LogP contribution in [0.3, 0.4) is 0 Å². The van der Waals surface area contributed by atoms with Crippen LogP contribution in [0.1, 0.15) is 50.7 Å². The van der Waals surface area contributed by atoms with E-state index in [0.717, 1.165) is 0 Å². The smallest absolute Gasteiger partial charge is 0.325 e. The molecule has 1 aromatic carbocycles. The first-order valence-electron chi connectivity index (χ1n) is 15.1. The third kappa shape index (κ3) is 5.31. The minimum atomic E-state index is -2.45. The number of aliphatic hydroxyl groups excluding tert-OH is 2. The number of benzene rings is 1. The van der Waals surface area contributed by atoms with E-state index in [1.54, 1.807) is 37.3 Å². The minimum absolute atomic E-state index is 0.0354. The number of Topliss-reactive ketones (excluding diaryl/α,β-unsaturated/α-hetero) is 1. The highest BCUT2D eigenvalue weighted by Crippen LogP contribution is 2.69. The zero-order chi connectivity index (χ0) is 33.7. The molecule has 1 aromatic rings. The van der Waals surface area contributed by atoms with Gasteiger partial charge in [0.15, 0.2) is 23.7 Å². The Balaban J connectivity index is 1.20. The number of halogens is 1. The molecule has 0 radical (unpaired) electrons. The number of esters is 1. The van der Waals surface area contributed by atoms with Crippen LogP contribution in [0.2, 0.25) is 0 Å². The van der Waals surface area contributed by atoms with Crippen LogP contribution in [0.4, 0.5) is 4.39 Å². The predicted molar refractivity (Wildman–Crippen MR) is 156 cm³/mol. The summed E-state index contributed by atoms with van der Waals surface area (Å²) in [5, 5.41) is 46.0. The van der Waals surface area contributed by atoms with Gasteiger partial charge in [0.2, 0.25) is 11.7 Å². The van der Waals surface area contributed by atoms with E-state index in [1.807, 2.05) is 0 Å². The number of aliphatic hydroxyl groups is 3. The van der Waals surface area contributed by atoms with Gasteiger partial charge in [-0.25, -0.2) is 4.39 Å². The van der Waals surface area contributed by atoms with Crippen molar-refractivity contribution >= 4 is 23.4 Å². The fourth-order valence-electron chi connectivity index (χ4n) is 8.24. The van der Waals surface area contributed by atoms with Gasteiger partial charge in [0.05, 0.1) is 18.6 Å². The number of ketones is 2. The molecule has 2 fully saturated rings. The summed E-state index contributed by atoms with van der Waals surface area (Å²) in [5.41, 5.74) is -5.77. The van der Waals surface area contributed by atoms with Gasteiger partial charge >= 0.3 is 5.97 Å². The third-order valence-corrected chi connectivity index (χ3v) is 10.8. The first-order chi connectivity index (χ1) is 21.6. The molecule has 0 aliphatic heterocycles. The number of allylic oxidation sites excluding steroid dienone is 4. The molecule has 5 rings (SSSR count). The SMILES string of the molecule is C[C@]12C=CC(=O)CC1=CC[C@H]1[C@@H]3C[C@@H](O)[C@](O)(C(=O)COC(=O)CNC(=O)Cc4ccc(CO[N+](=O)[O-])cc4)[C@@]3(C)C[C@H](O)[C@@]12F. The molecule has 8 atom stereocenters. The lowest BCUT2D eigenvalue weighted by Crippen LogP contribution is -2.69. The molecule has 2 saturated carbocycles. The zero-order valence-electron chi connectivity index (χ0n) is 25.4. The highest BCUT2D eigenvalue weighted by atomic mass is 19.1. The van der Waals surface area contributed by atoms with E-state index < -0.39 is 82.0 Å². The van der Waals surface area contributed by atoms with Crippen molar-refractivity contribution < 1.29 is 53.5 Å². The fourth-order valence-corrected chi connectivity index (χ4v) is 8.24. The summed E-state index contributed by atoms with van der Waals surface area (Å²) in [5.74, 6) is -4.30. The summed E-state index contributed by atoms with van der Waals surface area (Å²) in [6.07, 6.45) is 0.902.